The molecule has 0 heterocycles. The molecule has 0 radical (unpaired) electrons. The minimum absolute atomic E-state index is 0.354. The zero-order valence-corrected chi connectivity index (χ0v) is 28.6. The number of methoxy groups -OCH3 is 1. The summed E-state index contributed by atoms with van der Waals surface area (Å²) in [6, 6.07) is 62.4. The first-order valence-corrected chi connectivity index (χ1v) is 17.7. The van der Waals surface area contributed by atoms with Crippen molar-refractivity contribution in [1.29, 1.82) is 0 Å². The van der Waals surface area contributed by atoms with Gasteiger partial charge in [0.2, 0.25) is 0 Å². The van der Waals surface area contributed by atoms with Crippen LogP contribution in [0.25, 0.3) is 99.1 Å². The minimum atomic E-state index is -0.354. The van der Waals surface area contributed by atoms with Gasteiger partial charge >= 0.3 is 5.97 Å². The molecule has 0 saturated carbocycles. The van der Waals surface area contributed by atoms with Crippen LogP contribution in [0, 0.1) is 0 Å². The third kappa shape index (κ3) is 4.55. The van der Waals surface area contributed by atoms with Crippen molar-refractivity contribution in [2.24, 2.45) is 0 Å². The monoisotopic (exact) mass is 664 g/mol. The van der Waals surface area contributed by atoms with Crippen LogP contribution < -0.4 is 0 Å². The Bertz CT molecular complexity index is 2790. The van der Waals surface area contributed by atoms with E-state index in [0.29, 0.717) is 5.56 Å². The van der Waals surface area contributed by atoms with Crippen LogP contribution in [0.5, 0.6) is 0 Å². The fourth-order valence-electron chi connectivity index (χ4n) is 8.45. The van der Waals surface area contributed by atoms with E-state index in [9.17, 15) is 4.79 Å². The highest BCUT2D eigenvalue weighted by atomic mass is 16.5. The lowest BCUT2D eigenvalue weighted by molar-refractivity contribution is 0.0601. The van der Waals surface area contributed by atoms with Gasteiger partial charge in [-0.15, -0.1) is 0 Å². The van der Waals surface area contributed by atoms with Gasteiger partial charge in [-0.1, -0.05) is 164 Å². The topological polar surface area (TPSA) is 26.3 Å². The summed E-state index contributed by atoms with van der Waals surface area (Å²) in [5, 5.41) is 7.12. The Morgan fingerprint density at radius 1 is 0.385 bits per heavy atom. The summed E-state index contributed by atoms with van der Waals surface area (Å²) in [4.78, 5) is 13.6. The zero-order chi connectivity index (χ0) is 34.8. The lowest BCUT2D eigenvalue weighted by Gasteiger charge is -2.20. The van der Waals surface area contributed by atoms with Crippen molar-refractivity contribution in [2.45, 2.75) is 0 Å². The Balaban J connectivity index is 1.25. The second kappa shape index (κ2) is 11.9. The molecule has 2 nitrogen and oxygen atoms in total. The molecule has 0 aromatic heterocycles. The molecular weight excluding hydrogens is 633 g/mol. The standard InChI is InChI=1S/C50H32O2/c1-52-50(51)44-30-36(35-24-23-31-13-8-9-18-34(31)29-35)25-26-38(44)37-27-28-43-47-39(37)21-12-22-42(47)48-45(32-14-4-2-5-15-32)40-19-10-11-20-41(40)46(49(43)48)33-16-6-3-7-17-33/h2-30H,1H3. The summed E-state index contributed by atoms with van der Waals surface area (Å²) in [5.41, 5.74) is 14.2. The largest absolute Gasteiger partial charge is 0.465 e. The predicted molar refractivity (Wildman–Crippen MR) is 216 cm³/mol. The number of hydrogen-bond donors (Lipinski definition) is 0. The first-order chi connectivity index (χ1) is 25.7. The molecule has 1 aliphatic rings. The van der Waals surface area contributed by atoms with Gasteiger partial charge in [-0.25, -0.2) is 4.79 Å². The molecule has 52 heavy (non-hydrogen) atoms. The van der Waals surface area contributed by atoms with Crippen LogP contribution in [0.4, 0.5) is 0 Å². The predicted octanol–water partition coefficient (Wildman–Crippen LogP) is 13.2. The summed E-state index contributed by atoms with van der Waals surface area (Å²) in [6.45, 7) is 0. The maximum absolute atomic E-state index is 13.6. The van der Waals surface area contributed by atoms with E-state index in [-0.39, 0.29) is 5.97 Å². The van der Waals surface area contributed by atoms with Gasteiger partial charge in [-0.3, -0.25) is 0 Å². The van der Waals surface area contributed by atoms with E-state index in [1.165, 1.54) is 73.2 Å². The fourth-order valence-corrected chi connectivity index (χ4v) is 8.45. The van der Waals surface area contributed by atoms with Crippen molar-refractivity contribution >= 4 is 38.3 Å². The molecule has 9 aromatic carbocycles. The van der Waals surface area contributed by atoms with Crippen LogP contribution in [0.1, 0.15) is 10.4 Å². The molecular formula is C50H32O2. The number of hydrogen-bond acceptors (Lipinski definition) is 2. The number of fused-ring (bicyclic) bond motifs is 5. The number of rotatable bonds is 5. The second-order valence-electron chi connectivity index (χ2n) is 13.5. The van der Waals surface area contributed by atoms with Crippen LogP contribution in [0.2, 0.25) is 0 Å². The van der Waals surface area contributed by atoms with Gasteiger partial charge in [0.05, 0.1) is 12.7 Å². The highest BCUT2D eigenvalue weighted by Gasteiger charge is 2.31. The Morgan fingerprint density at radius 2 is 0.904 bits per heavy atom. The molecule has 0 aliphatic heterocycles. The van der Waals surface area contributed by atoms with E-state index < -0.39 is 0 Å². The molecule has 0 unspecified atom stereocenters. The van der Waals surface area contributed by atoms with Gasteiger partial charge in [-0.05, 0) is 111 Å². The van der Waals surface area contributed by atoms with Crippen LogP contribution in [0.3, 0.4) is 0 Å². The molecule has 0 amide bonds. The van der Waals surface area contributed by atoms with Crippen molar-refractivity contribution < 1.29 is 9.53 Å². The molecule has 0 saturated heterocycles. The summed E-state index contributed by atoms with van der Waals surface area (Å²) in [6.07, 6.45) is 0. The Morgan fingerprint density at radius 3 is 1.58 bits per heavy atom. The van der Waals surface area contributed by atoms with Crippen LogP contribution >= 0.6 is 0 Å². The molecule has 2 heteroatoms. The van der Waals surface area contributed by atoms with Crippen molar-refractivity contribution in [2.75, 3.05) is 7.11 Å². The average molecular weight is 665 g/mol. The summed E-state index contributed by atoms with van der Waals surface area (Å²) in [5.74, 6) is -0.354. The number of carbonyl (C=O) groups excluding carboxylic acids is 1. The molecule has 244 valence electrons. The van der Waals surface area contributed by atoms with Gasteiger partial charge in [0.25, 0.3) is 0 Å². The summed E-state index contributed by atoms with van der Waals surface area (Å²) >= 11 is 0. The normalized spacial score (nSPS) is 11.6. The fraction of sp³-hybridized carbons (Fsp3) is 0.0200. The van der Waals surface area contributed by atoms with Gasteiger partial charge in [-0.2, -0.15) is 0 Å². The lowest BCUT2D eigenvalue weighted by atomic mass is 9.82. The molecule has 0 fully saturated rings. The van der Waals surface area contributed by atoms with Crippen molar-refractivity contribution in [1.82, 2.24) is 0 Å². The van der Waals surface area contributed by atoms with E-state index in [0.717, 1.165) is 33.0 Å². The van der Waals surface area contributed by atoms with Crippen molar-refractivity contribution in [3.63, 3.8) is 0 Å². The number of ether oxygens (including phenoxy) is 1. The molecule has 0 N–H and O–H groups in total. The van der Waals surface area contributed by atoms with Crippen LogP contribution in [-0.2, 0) is 4.74 Å². The average Bonchev–Trinajstić information content (AvgIpc) is 3.54. The Labute approximate surface area is 302 Å². The SMILES string of the molecule is COC(=O)c1cc(-c2ccc3ccccc3c2)ccc1-c1ccc2c3c(cccc13)-c1c-2c(-c2ccccc2)c2ccccc2c1-c1ccccc1. The maximum Gasteiger partial charge on any atom is 0.338 e. The highest BCUT2D eigenvalue weighted by Crippen LogP contribution is 2.58. The lowest BCUT2D eigenvalue weighted by Crippen LogP contribution is -2.04. The minimum Gasteiger partial charge on any atom is -0.465 e. The molecule has 0 bridgehead atoms. The third-order valence-electron chi connectivity index (χ3n) is 10.7. The van der Waals surface area contributed by atoms with Crippen LogP contribution in [-0.4, -0.2) is 13.1 Å². The number of carbonyl (C=O) groups is 1. The van der Waals surface area contributed by atoms with Crippen molar-refractivity contribution in [3.8, 4) is 66.8 Å². The van der Waals surface area contributed by atoms with E-state index in [1.807, 2.05) is 6.07 Å². The highest BCUT2D eigenvalue weighted by molar-refractivity contribution is 6.29. The van der Waals surface area contributed by atoms with Gasteiger partial charge in [0.1, 0.15) is 0 Å². The van der Waals surface area contributed by atoms with Crippen molar-refractivity contribution in [3.05, 3.63) is 181 Å². The first-order valence-electron chi connectivity index (χ1n) is 17.7. The molecule has 9 aromatic rings. The van der Waals surface area contributed by atoms with E-state index >= 15 is 0 Å². The second-order valence-corrected chi connectivity index (χ2v) is 13.5. The van der Waals surface area contributed by atoms with E-state index in [2.05, 4.69) is 170 Å². The summed E-state index contributed by atoms with van der Waals surface area (Å²) in [7, 11) is 1.46. The molecule has 1 aliphatic carbocycles. The van der Waals surface area contributed by atoms with E-state index in [1.54, 1.807) is 0 Å². The van der Waals surface area contributed by atoms with Crippen LogP contribution in [0.15, 0.2) is 176 Å². The Hall–Kier alpha value is -6.77. The number of benzene rings is 9. The first kappa shape index (κ1) is 30.1. The molecule has 0 spiro atoms. The van der Waals surface area contributed by atoms with E-state index in [4.69, 9.17) is 4.74 Å². The van der Waals surface area contributed by atoms with Gasteiger partial charge < -0.3 is 4.74 Å². The smallest absolute Gasteiger partial charge is 0.338 e. The zero-order valence-electron chi connectivity index (χ0n) is 28.6. The summed E-state index contributed by atoms with van der Waals surface area (Å²) < 4.78 is 5.42. The third-order valence-corrected chi connectivity index (χ3v) is 10.7. The van der Waals surface area contributed by atoms with Gasteiger partial charge in [0, 0.05) is 0 Å². The quantitative estimate of drug-likeness (QED) is 0.171. The molecule has 0 atom stereocenters. The number of esters is 1. The van der Waals surface area contributed by atoms with Gasteiger partial charge in [0.15, 0.2) is 0 Å². The maximum atomic E-state index is 13.6. The molecule has 10 rings (SSSR count). The Kier molecular flexibility index (Phi) is 6.90.